The molecular weight excluding hydrogens is 321 g/mol. The zero-order chi connectivity index (χ0) is 17.5. The van der Waals surface area contributed by atoms with Crippen LogP contribution in [0.2, 0.25) is 0 Å². The number of carbonyl (C=O) groups excluding carboxylic acids is 1. The molecule has 2 atom stereocenters. The monoisotopic (exact) mass is 336 g/mol. The van der Waals surface area contributed by atoms with Crippen molar-refractivity contribution in [2.45, 2.75) is 18.3 Å². The molecule has 0 spiro atoms. The Labute approximate surface area is 136 Å². The highest BCUT2D eigenvalue weighted by atomic mass is 19.4. The number of benzene rings is 2. The van der Waals surface area contributed by atoms with Crippen molar-refractivity contribution in [1.29, 1.82) is 0 Å². The topological polar surface area (TPSA) is 55.6 Å². The molecule has 1 saturated heterocycles. The third-order valence-electron chi connectivity index (χ3n) is 4.05. The largest absolute Gasteiger partial charge is 0.497 e. The SMILES string of the molecule is COc1cccc(N2C(=O)[C@@H](N)[C@@H]2c2ccc(C(F)(F)F)cc2)c1. The lowest BCUT2D eigenvalue weighted by Crippen LogP contribution is -2.63. The van der Waals surface area contributed by atoms with Gasteiger partial charge in [0.25, 0.3) is 0 Å². The van der Waals surface area contributed by atoms with Crippen molar-refractivity contribution >= 4 is 11.6 Å². The Kier molecular flexibility index (Phi) is 3.96. The molecule has 0 saturated carbocycles. The van der Waals surface area contributed by atoms with E-state index in [-0.39, 0.29) is 5.91 Å². The molecule has 1 fully saturated rings. The number of anilines is 1. The lowest BCUT2D eigenvalue weighted by atomic mass is 9.88. The number of β-lactam (4-membered cyclic amide) rings is 1. The molecular formula is C17H15F3N2O2. The van der Waals surface area contributed by atoms with E-state index in [0.717, 1.165) is 12.1 Å². The summed E-state index contributed by atoms with van der Waals surface area (Å²) in [7, 11) is 1.51. The summed E-state index contributed by atoms with van der Waals surface area (Å²) in [6.07, 6.45) is -4.40. The van der Waals surface area contributed by atoms with Crippen LogP contribution in [0.3, 0.4) is 0 Å². The van der Waals surface area contributed by atoms with Gasteiger partial charge in [0.15, 0.2) is 0 Å². The standard InChI is InChI=1S/C17H15F3N2O2/c1-24-13-4-2-3-12(9-13)22-15(14(21)16(22)23)10-5-7-11(8-6-10)17(18,19)20/h2-9,14-15H,21H2,1H3/t14-,15-/m0/s1. The quantitative estimate of drug-likeness (QED) is 0.876. The second-order valence-corrected chi connectivity index (χ2v) is 5.50. The number of halogens is 3. The maximum absolute atomic E-state index is 12.7. The van der Waals surface area contributed by atoms with Gasteiger partial charge in [0.2, 0.25) is 5.91 Å². The van der Waals surface area contributed by atoms with E-state index < -0.39 is 23.8 Å². The van der Waals surface area contributed by atoms with Crippen LogP contribution in [0.4, 0.5) is 18.9 Å². The molecule has 2 aromatic rings. The van der Waals surface area contributed by atoms with Crippen LogP contribution in [-0.2, 0) is 11.0 Å². The second kappa shape index (κ2) is 5.83. The summed E-state index contributed by atoms with van der Waals surface area (Å²) >= 11 is 0. The average molecular weight is 336 g/mol. The summed E-state index contributed by atoms with van der Waals surface area (Å²) in [6, 6.07) is 10.3. The molecule has 1 aliphatic heterocycles. The number of ether oxygens (including phenoxy) is 1. The molecule has 7 heteroatoms. The molecule has 0 unspecified atom stereocenters. The summed E-state index contributed by atoms with van der Waals surface area (Å²) in [4.78, 5) is 13.6. The van der Waals surface area contributed by atoms with E-state index in [1.54, 1.807) is 24.3 Å². The van der Waals surface area contributed by atoms with Gasteiger partial charge in [-0.3, -0.25) is 4.79 Å². The number of hydrogen-bond acceptors (Lipinski definition) is 3. The molecule has 126 valence electrons. The van der Waals surface area contributed by atoms with Gasteiger partial charge in [0, 0.05) is 11.8 Å². The van der Waals surface area contributed by atoms with Crippen molar-refractivity contribution in [2.75, 3.05) is 12.0 Å². The lowest BCUT2D eigenvalue weighted by molar-refractivity contribution is -0.137. The number of alkyl halides is 3. The number of nitrogens with two attached hydrogens (primary N) is 1. The minimum atomic E-state index is -4.40. The molecule has 24 heavy (non-hydrogen) atoms. The molecule has 0 aromatic heterocycles. The number of nitrogens with zero attached hydrogens (tertiary/aromatic N) is 1. The first-order valence-electron chi connectivity index (χ1n) is 7.23. The first-order valence-corrected chi connectivity index (χ1v) is 7.23. The van der Waals surface area contributed by atoms with Crippen LogP contribution >= 0.6 is 0 Å². The van der Waals surface area contributed by atoms with Crippen molar-refractivity contribution in [3.05, 3.63) is 59.7 Å². The van der Waals surface area contributed by atoms with Crippen LogP contribution in [0.5, 0.6) is 5.75 Å². The molecule has 4 nitrogen and oxygen atoms in total. The smallest absolute Gasteiger partial charge is 0.416 e. The maximum Gasteiger partial charge on any atom is 0.416 e. The van der Waals surface area contributed by atoms with E-state index in [1.807, 2.05) is 0 Å². The van der Waals surface area contributed by atoms with Gasteiger partial charge >= 0.3 is 6.18 Å². The number of rotatable bonds is 3. The summed E-state index contributed by atoms with van der Waals surface area (Å²) in [5.74, 6) is 0.292. The predicted molar refractivity (Wildman–Crippen MR) is 82.6 cm³/mol. The first kappa shape index (κ1) is 16.3. The summed E-state index contributed by atoms with van der Waals surface area (Å²) in [5, 5.41) is 0. The molecule has 1 heterocycles. The fourth-order valence-corrected chi connectivity index (χ4v) is 2.79. The van der Waals surface area contributed by atoms with Crippen molar-refractivity contribution in [2.24, 2.45) is 5.73 Å². The molecule has 1 amide bonds. The van der Waals surface area contributed by atoms with Crippen molar-refractivity contribution in [3.8, 4) is 5.75 Å². The highest BCUT2D eigenvalue weighted by Gasteiger charge is 2.46. The number of methoxy groups -OCH3 is 1. The van der Waals surface area contributed by atoms with E-state index in [1.165, 1.54) is 24.1 Å². The minimum absolute atomic E-state index is 0.284. The average Bonchev–Trinajstić information content (AvgIpc) is 2.58. The summed E-state index contributed by atoms with van der Waals surface area (Å²) < 4.78 is 43.2. The van der Waals surface area contributed by atoms with Crippen molar-refractivity contribution in [1.82, 2.24) is 0 Å². The van der Waals surface area contributed by atoms with Gasteiger partial charge in [0.1, 0.15) is 11.8 Å². The highest BCUT2D eigenvalue weighted by Crippen LogP contribution is 2.40. The fourth-order valence-electron chi connectivity index (χ4n) is 2.79. The van der Waals surface area contributed by atoms with Gasteiger partial charge in [-0.15, -0.1) is 0 Å². The first-order chi connectivity index (χ1) is 11.3. The third kappa shape index (κ3) is 2.71. The Morgan fingerprint density at radius 1 is 1.12 bits per heavy atom. The van der Waals surface area contributed by atoms with Crippen LogP contribution in [-0.4, -0.2) is 19.1 Å². The minimum Gasteiger partial charge on any atom is -0.497 e. The lowest BCUT2D eigenvalue weighted by Gasteiger charge is -2.45. The van der Waals surface area contributed by atoms with E-state index in [2.05, 4.69) is 0 Å². The highest BCUT2D eigenvalue weighted by molar-refractivity contribution is 6.05. The van der Waals surface area contributed by atoms with Crippen LogP contribution in [0.15, 0.2) is 48.5 Å². The summed E-state index contributed by atoms with van der Waals surface area (Å²) in [5.41, 5.74) is 6.28. The Balaban J connectivity index is 1.92. The number of hydrogen-bond donors (Lipinski definition) is 1. The van der Waals surface area contributed by atoms with Gasteiger partial charge in [-0.25, -0.2) is 0 Å². The molecule has 0 bridgehead atoms. The Hall–Kier alpha value is -2.54. The van der Waals surface area contributed by atoms with Crippen molar-refractivity contribution in [3.63, 3.8) is 0 Å². The fraction of sp³-hybridized carbons (Fsp3) is 0.235. The molecule has 0 radical (unpaired) electrons. The van der Waals surface area contributed by atoms with Crippen LogP contribution < -0.4 is 15.4 Å². The maximum atomic E-state index is 12.7. The van der Waals surface area contributed by atoms with E-state index in [9.17, 15) is 18.0 Å². The summed E-state index contributed by atoms with van der Waals surface area (Å²) in [6.45, 7) is 0. The van der Waals surface area contributed by atoms with Crippen LogP contribution in [0.25, 0.3) is 0 Å². The van der Waals surface area contributed by atoms with Gasteiger partial charge < -0.3 is 15.4 Å². The van der Waals surface area contributed by atoms with Gasteiger partial charge in [0.05, 0.1) is 18.7 Å². The zero-order valence-corrected chi connectivity index (χ0v) is 12.7. The van der Waals surface area contributed by atoms with Gasteiger partial charge in [-0.2, -0.15) is 13.2 Å². The third-order valence-corrected chi connectivity index (χ3v) is 4.05. The molecule has 1 aliphatic rings. The van der Waals surface area contributed by atoms with Gasteiger partial charge in [-0.1, -0.05) is 18.2 Å². The number of carbonyl (C=O) groups is 1. The van der Waals surface area contributed by atoms with Crippen LogP contribution in [0.1, 0.15) is 17.2 Å². The molecule has 2 aromatic carbocycles. The second-order valence-electron chi connectivity index (χ2n) is 5.50. The number of amides is 1. The van der Waals surface area contributed by atoms with Crippen LogP contribution in [0, 0.1) is 0 Å². The zero-order valence-electron chi connectivity index (χ0n) is 12.7. The van der Waals surface area contributed by atoms with E-state index >= 15 is 0 Å². The Morgan fingerprint density at radius 2 is 1.79 bits per heavy atom. The Morgan fingerprint density at radius 3 is 2.38 bits per heavy atom. The van der Waals surface area contributed by atoms with E-state index in [0.29, 0.717) is 17.0 Å². The molecule has 0 aliphatic carbocycles. The van der Waals surface area contributed by atoms with Gasteiger partial charge in [-0.05, 0) is 29.8 Å². The van der Waals surface area contributed by atoms with Crippen molar-refractivity contribution < 1.29 is 22.7 Å². The van der Waals surface area contributed by atoms with E-state index in [4.69, 9.17) is 10.5 Å². The molecule has 3 rings (SSSR count). The molecule has 2 N–H and O–H groups in total. The normalized spacial score (nSPS) is 20.7. The predicted octanol–water partition coefficient (Wildman–Crippen LogP) is 3.13. The Bertz CT molecular complexity index is 759.